The summed E-state index contributed by atoms with van der Waals surface area (Å²) in [5.41, 5.74) is 11.3. The maximum Gasteiger partial charge on any atom is 0.251 e. The van der Waals surface area contributed by atoms with E-state index in [0.29, 0.717) is 48.4 Å². The van der Waals surface area contributed by atoms with Crippen LogP contribution >= 0.6 is 0 Å². The second-order valence-corrected chi connectivity index (χ2v) is 9.45. The number of benzene rings is 1. The van der Waals surface area contributed by atoms with E-state index in [1.165, 1.54) is 6.42 Å². The number of hydrogen-bond acceptors (Lipinski definition) is 7. The second kappa shape index (κ2) is 14.6. The predicted octanol–water partition coefficient (Wildman–Crippen LogP) is 5.03. The van der Waals surface area contributed by atoms with Crippen molar-refractivity contribution in [2.75, 3.05) is 20.3 Å². The molecule has 1 aromatic rings. The number of hydrogen-bond donors (Lipinski definition) is 2. The van der Waals surface area contributed by atoms with E-state index in [1.807, 2.05) is 37.4 Å². The molecular formula is C31H37N5O3. The lowest BCUT2D eigenvalue weighted by Crippen LogP contribution is -2.26. The molecule has 2 aliphatic rings. The number of fused-ring (bicyclic) bond motifs is 1. The Hall–Kier alpha value is -4.22. The van der Waals surface area contributed by atoms with E-state index in [0.717, 1.165) is 35.1 Å². The summed E-state index contributed by atoms with van der Waals surface area (Å²) in [6.07, 6.45) is 13.4. The van der Waals surface area contributed by atoms with E-state index >= 15 is 0 Å². The first-order valence-electron chi connectivity index (χ1n) is 13.0. The quantitative estimate of drug-likeness (QED) is 0.224. The number of nitriles is 1. The van der Waals surface area contributed by atoms with Crippen molar-refractivity contribution < 1.29 is 14.3 Å². The Bertz CT molecular complexity index is 1280. The highest BCUT2D eigenvalue weighted by Crippen LogP contribution is 2.27. The molecule has 1 amide bonds. The van der Waals surface area contributed by atoms with Crippen LogP contribution in [-0.2, 0) is 16.1 Å². The molecule has 1 aromatic carbocycles. The van der Waals surface area contributed by atoms with Crippen LogP contribution in [0, 0.1) is 11.3 Å². The van der Waals surface area contributed by atoms with Gasteiger partial charge in [0.25, 0.3) is 5.91 Å². The van der Waals surface area contributed by atoms with Gasteiger partial charge in [-0.25, -0.2) is 0 Å². The first-order chi connectivity index (χ1) is 18.9. The number of nitrogens with one attached hydrogen (secondary N) is 1. The summed E-state index contributed by atoms with van der Waals surface area (Å²) >= 11 is 0. The van der Waals surface area contributed by atoms with Crippen molar-refractivity contribution in [2.45, 2.75) is 51.2 Å². The van der Waals surface area contributed by atoms with Crippen molar-refractivity contribution >= 4 is 18.8 Å². The molecule has 1 unspecified atom stereocenters. The van der Waals surface area contributed by atoms with Crippen LogP contribution in [0.5, 0.6) is 0 Å². The summed E-state index contributed by atoms with van der Waals surface area (Å²) in [4.78, 5) is 21.6. The van der Waals surface area contributed by atoms with Gasteiger partial charge >= 0.3 is 0 Å². The van der Waals surface area contributed by atoms with Crippen LogP contribution in [0.4, 0.5) is 0 Å². The molecule has 1 aliphatic carbocycles. The number of nitrogens with zero attached hydrogens (tertiary/aromatic N) is 3. The minimum absolute atomic E-state index is 0.231. The first kappa shape index (κ1) is 29.3. The van der Waals surface area contributed by atoms with Gasteiger partial charge in [-0.15, -0.1) is 0 Å². The lowest BCUT2D eigenvalue weighted by molar-refractivity contribution is 0.0952. The Morgan fingerprint density at radius 3 is 2.82 bits per heavy atom. The molecule has 1 atom stereocenters. The van der Waals surface area contributed by atoms with Crippen LogP contribution in [0.15, 0.2) is 87.4 Å². The number of carbonyl (C=O) groups excluding carboxylic acids is 1. The fourth-order valence-electron chi connectivity index (χ4n) is 4.16. The van der Waals surface area contributed by atoms with Crippen LogP contribution < -0.4 is 11.1 Å². The van der Waals surface area contributed by atoms with Gasteiger partial charge in [0.2, 0.25) is 0 Å². The maximum atomic E-state index is 12.8. The Kier molecular flexibility index (Phi) is 11.0. The average Bonchev–Trinajstić information content (AvgIpc) is 2.94. The topological polar surface area (TPSA) is 122 Å². The van der Waals surface area contributed by atoms with Gasteiger partial charge in [-0.05, 0) is 79.8 Å². The third kappa shape index (κ3) is 8.13. The molecule has 0 spiro atoms. The zero-order valence-corrected chi connectivity index (χ0v) is 22.8. The summed E-state index contributed by atoms with van der Waals surface area (Å²) in [6, 6.07) is 7.97. The van der Waals surface area contributed by atoms with Crippen molar-refractivity contribution in [3.05, 3.63) is 94.1 Å². The van der Waals surface area contributed by atoms with E-state index < -0.39 is 0 Å². The monoisotopic (exact) mass is 527 g/mol. The van der Waals surface area contributed by atoms with Gasteiger partial charge in [-0.1, -0.05) is 30.9 Å². The smallest absolute Gasteiger partial charge is 0.251 e. The Morgan fingerprint density at radius 1 is 1.38 bits per heavy atom. The molecule has 8 nitrogen and oxygen atoms in total. The molecule has 8 heteroatoms. The average molecular weight is 528 g/mol. The van der Waals surface area contributed by atoms with Crippen molar-refractivity contribution in [3.8, 4) is 6.07 Å². The van der Waals surface area contributed by atoms with E-state index in [2.05, 4.69) is 34.7 Å². The first-order valence-corrected chi connectivity index (χ1v) is 13.0. The van der Waals surface area contributed by atoms with E-state index in [-0.39, 0.29) is 18.4 Å². The van der Waals surface area contributed by atoms with Crippen LogP contribution in [0.3, 0.4) is 0 Å². The van der Waals surface area contributed by atoms with E-state index in [4.69, 9.17) is 15.2 Å². The predicted molar refractivity (Wildman–Crippen MR) is 155 cm³/mol. The summed E-state index contributed by atoms with van der Waals surface area (Å²) in [7, 11) is 1.55. The van der Waals surface area contributed by atoms with Gasteiger partial charge < -0.3 is 20.5 Å². The van der Waals surface area contributed by atoms with E-state index in [9.17, 15) is 10.1 Å². The molecule has 0 bridgehead atoms. The number of ether oxygens (including phenoxy) is 2. The van der Waals surface area contributed by atoms with Gasteiger partial charge in [0.1, 0.15) is 0 Å². The van der Waals surface area contributed by atoms with Crippen LogP contribution in [-0.4, -0.2) is 45.1 Å². The molecule has 0 radical (unpaired) electrons. The molecule has 3 rings (SSSR count). The molecule has 1 fully saturated rings. The number of carbonyl (C=O) groups is 1. The van der Waals surface area contributed by atoms with Gasteiger partial charge in [0.15, 0.2) is 5.88 Å². The molecule has 1 heterocycles. The molecule has 204 valence electrons. The molecule has 0 saturated heterocycles. The Balaban J connectivity index is 1.61. The van der Waals surface area contributed by atoms with Crippen LogP contribution in [0.2, 0.25) is 0 Å². The summed E-state index contributed by atoms with van der Waals surface area (Å²) in [5.74, 6) is -0.268. The van der Waals surface area contributed by atoms with Crippen molar-refractivity contribution in [3.63, 3.8) is 0 Å². The highest BCUT2D eigenvalue weighted by molar-refractivity contribution is 5.94. The number of allylic oxidation sites excluding steroid dienone is 4. The third-order valence-corrected chi connectivity index (χ3v) is 6.76. The lowest BCUT2D eigenvalue weighted by Gasteiger charge is -2.21. The molecule has 0 aromatic heterocycles. The Labute approximate surface area is 231 Å². The number of nitrogens with two attached hydrogens (primary N) is 1. The third-order valence-electron chi connectivity index (χ3n) is 6.76. The largest absolute Gasteiger partial charge is 0.482 e. The second-order valence-electron chi connectivity index (χ2n) is 9.45. The molecule has 3 N–H and O–H groups in total. The SMILES string of the molecule is C=NC(=C/C(=C)CNC(=O)c1ccc2c(c1)C(C#N)COC2)/C(/C=C\C/C(C=NC1CCC1)=C(/N)OC)=C\C. The van der Waals surface area contributed by atoms with Gasteiger partial charge in [0.05, 0.1) is 38.0 Å². The fraction of sp³-hybridized carbons (Fsp3) is 0.355. The number of aliphatic imine (C=N–C) groups is 2. The van der Waals surface area contributed by atoms with Crippen molar-refractivity contribution in [2.24, 2.45) is 15.7 Å². The van der Waals surface area contributed by atoms with E-state index in [1.54, 1.807) is 25.3 Å². The van der Waals surface area contributed by atoms with Crippen molar-refractivity contribution in [1.29, 1.82) is 5.26 Å². The maximum absolute atomic E-state index is 12.8. The number of rotatable bonds is 12. The number of methoxy groups -OCH3 is 1. The van der Waals surface area contributed by atoms with Crippen molar-refractivity contribution in [1.82, 2.24) is 5.32 Å². The fourth-order valence-corrected chi connectivity index (χ4v) is 4.16. The van der Waals surface area contributed by atoms with Crippen LogP contribution in [0.1, 0.15) is 60.0 Å². The summed E-state index contributed by atoms with van der Waals surface area (Å²) in [5, 5.41) is 12.3. The molecule has 1 aliphatic heterocycles. The molecule has 1 saturated carbocycles. The number of amides is 1. The normalized spacial score (nSPS) is 18.6. The minimum atomic E-state index is -0.375. The van der Waals surface area contributed by atoms with Gasteiger partial charge in [-0.2, -0.15) is 5.26 Å². The highest BCUT2D eigenvalue weighted by atomic mass is 16.5. The summed E-state index contributed by atoms with van der Waals surface area (Å²) in [6.45, 7) is 10.7. The van der Waals surface area contributed by atoms with Gasteiger partial charge in [0, 0.05) is 29.9 Å². The lowest BCUT2D eigenvalue weighted by atomic mass is 9.92. The highest BCUT2D eigenvalue weighted by Gasteiger charge is 2.22. The Morgan fingerprint density at radius 2 is 2.18 bits per heavy atom. The zero-order valence-electron chi connectivity index (χ0n) is 22.8. The standard InChI is InChI=1S/C31H37N5O3/c1-5-22(8-6-9-24(30(33)38-4)18-35-27-10-7-11-27)29(34-3)14-21(2)17-36-31(37)23-12-13-25-19-39-20-26(16-32)28(25)15-23/h5-6,8,12-15,18,26-27H,2-3,7,9-11,17,19-20,33H2,1,4H3,(H,36,37)/b8-6-,22-5-,29-14+,30-24+,35-18?. The minimum Gasteiger partial charge on any atom is -0.482 e. The van der Waals surface area contributed by atoms with Gasteiger partial charge in [-0.3, -0.25) is 14.8 Å². The summed E-state index contributed by atoms with van der Waals surface area (Å²) < 4.78 is 10.7. The zero-order chi connectivity index (χ0) is 28.2. The molecule has 39 heavy (non-hydrogen) atoms. The molecular weight excluding hydrogens is 490 g/mol. The van der Waals surface area contributed by atoms with Crippen LogP contribution in [0.25, 0.3) is 0 Å².